The number of aryl methyl sites for hydroxylation is 2. The summed E-state index contributed by atoms with van der Waals surface area (Å²) < 4.78 is 5.38. The van der Waals surface area contributed by atoms with Gasteiger partial charge in [0.2, 0.25) is 0 Å². The molecule has 1 aliphatic heterocycles. The van der Waals surface area contributed by atoms with Crippen LogP contribution in [0.15, 0.2) is 12.1 Å². The van der Waals surface area contributed by atoms with Gasteiger partial charge in [-0.05, 0) is 56.4 Å². The van der Waals surface area contributed by atoms with E-state index in [2.05, 4.69) is 12.2 Å². The lowest BCUT2D eigenvalue weighted by molar-refractivity contribution is 0.0845. The Morgan fingerprint density at radius 2 is 1.96 bits per heavy atom. The van der Waals surface area contributed by atoms with Crippen LogP contribution in [-0.2, 0) is 0 Å². The zero-order valence-electron chi connectivity index (χ0n) is 15.9. The van der Waals surface area contributed by atoms with Gasteiger partial charge in [0.15, 0.2) is 5.78 Å². The number of carbonyl (C=O) groups excluding carboxylic acids is 2. The molecule has 0 spiro atoms. The number of rotatable bonds is 6. The van der Waals surface area contributed by atoms with Gasteiger partial charge in [-0.25, -0.2) is 4.79 Å². The molecule has 2 amide bonds. The van der Waals surface area contributed by atoms with Gasteiger partial charge in [0, 0.05) is 31.1 Å². The first-order valence-electron chi connectivity index (χ1n) is 9.20. The summed E-state index contributed by atoms with van der Waals surface area (Å²) in [5.41, 5.74) is 2.65. The first-order valence-corrected chi connectivity index (χ1v) is 9.20. The van der Waals surface area contributed by atoms with E-state index < -0.39 is 0 Å². The number of nitrogens with one attached hydrogen (secondary N) is 1. The molecule has 5 heteroatoms. The first-order chi connectivity index (χ1) is 12.0. The third-order valence-electron chi connectivity index (χ3n) is 4.83. The molecule has 0 saturated carbocycles. The van der Waals surface area contributed by atoms with Gasteiger partial charge < -0.3 is 15.0 Å². The molecule has 2 rings (SSSR count). The number of likely N-dealkylation sites (tertiary alicyclic amines) is 1. The van der Waals surface area contributed by atoms with E-state index in [1.807, 2.05) is 26.0 Å². The van der Waals surface area contributed by atoms with Crippen molar-refractivity contribution in [2.75, 3.05) is 26.7 Å². The van der Waals surface area contributed by atoms with Gasteiger partial charge in [-0.15, -0.1) is 0 Å². The monoisotopic (exact) mass is 346 g/mol. The standard InChI is InChI=1S/C20H30N2O3/c1-5-6-9-21-20(24)22-10-7-8-16(13-22)18(23)17-11-14(2)19(25-4)15(3)12-17/h11-12,16H,5-10,13H2,1-4H3,(H,21,24)/t16-/m0/s1. The summed E-state index contributed by atoms with van der Waals surface area (Å²) in [4.78, 5) is 27.0. The van der Waals surface area contributed by atoms with E-state index in [9.17, 15) is 9.59 Å². The van der Waals surface area contributed by atoms with Crippen molar-refractivity contribution in [3.63, 3.8) is 0 Å². The van der Waals surface area contributed by atoms with Crippen LogP contribution in [0.1, 0.15) is 54.1 Å². The van der Waals surface area contributed by atoms with Crippen LogP contribution < -0.4 is 10.1 Å². The van der Waals surface area contributed by atoms with Crippen molar-refractivity contribution < 1.29 is 14.3 Å². The molecule has 0 bridgehead atoms. The molecule has 25 heavy (non-hydrogen) atoms. The van der Waals surface area contributed by atoms with Gasteiger partial charge >= 0.3 is 6.03 Å². The maximum Gasteiger partial charge on any atom is 0.317 e. The van der Waals surface area contributed by atoms with Crippen LogP contribution in [0.2, 0.25) is 0 Å². The highest BCUT2D eigenvalue weighted by Gasteiger charge is 2.29. The van der Waals surface area contributed by atoms with E-state index in [1.165, 1.54) is 0 Å². The maximum atomic E-state index is 12.9. The Kier molecular flexibility index (Phi) is 6.85. The average Bonchev–Trinajstić information content (AvgIpc) is 2.61. The highest BCUT2D eigenvalue weighted by atomic mass is 16.5. The average molecular weight is 346 g/mol. The van der Waals surface area contributed by atoms with Gasteiger partial charge in [-0.3, -0.25) is 4.79 Å². The molecule has 1 N–H and O–H groups in total. The topological polar surface area (TPSA) is 58.6 Å². The number of ether oxygens (including phenoxy) is 1. The lowest BCUT2D eigenvalue weighted by atomic mass is 9.89. The Labute approximate surface area is 150 Å². The highest BCUT2D eigenvalue weighted by molar-refractivity contribution is 5.99. The minimum Gasteiger partial charge on any atom is -0.496 e. The second kappa shape index (κ2) is 8.88. The Morgan fingerprint density at radius 1 is 1.28 bits per heavy atom. The van der Waals surface area contributed by atoms with E-state index in [0.717, 1.165) is 49.1 Å². The van der Waals surface area contributed by atoms with Gasteiger partial charge in [0.1, 0.15) is 5.75 Å². The van der Waals surface area contributed by atoms with Crippen molar-refractivity contribution in [3.05, 3.63) is 28.8 Å². The lowest BCUT2D eigenvalue weighted by Gasteiger charge is -2.32. The largest absolute Gasteiger partial charge is 0.496 e. The summed E-state index contributed by atoms with van der Waals surface area (Å²) in [6, 6.07) is 3.75. The summed E-state index contributed by atoms with van der Waals surface area (Å²) in [6.45, 7) is 7.93. The fourth-order valence-electron chi connectivity index (χ4n) is 3.51. The molecule has 0 aromatic heterocycles. The van der Waals surface area contributed by atoms with Crippen molar-refractivity contribution in [2.45, 2.75) is 46.5 Å². The van der Waals surface area contributed by atoms with Crippen molar-refractivity contribution in [3.8, 4) is 5.75 Å². The Hall–Kier alpha value is -2.04. The number of hydrogen-bond acceptors (Lipinski definition) is 3. The number of amides is 2. The minimum absolute atomic E-state index is 0.0481. The van der Waals surface area contributed by atoms with E-state index >= 15 is 0 Å². The van der Waals surface area contributed by atoms with E-state index in [0.29, 0.717) is 18.7 Å². The van der Waals surface area contributed by atoms with Crippen LogP contribution in [0, 0.1) is 19.8 Å². The number of unbranched alkanes of at least 4 members (excludes halogenated alkanes) is 1. The number of benzene rings is 1. The number of piperidine rings is 1. The van der Waals surface area contributed by atoms with Crippen LogP contribution in [0.5, 0.6) is 5.75 Å². The van der Waals surface area contributed by atoms with Crippen LogP contribution in [0.3, 0.4) is 0 Å². The molecule has 1 fully saturated rings. The smallest absolute Gasteiger partial charge is 0.317 e. The minimum atomic E-state index is -0.127. The van der Waals surface area contributed by atoms with E-state index in [-0.39, 0.29) is 17.7 Å². The second-order valence-corrected chi connectivity index (χ2v) is 6.88. The molecular weight excluding hydrogens is 316 g/mol. The fourth-order valence-corrected chi connectivity index (χ4v) is 3.51. The number of nitrogens with zero attached hydrogens (tertiary/aromatic N) is 1. The molecule has 138 valence electrons. The zero-order valence-corrected chi connectivity index (χ0v) is 15.9. The van der Waals surface area contributed by atoms with Crippen LogP contribution in [0.4, 0.5) is 4.79 Å². The van der Waals surface area contributed by atoms with Crippen LogP contribution in [-0.4, -0.2) is 43.5 Å². The van der Waals surface area contributed by atoms with Gasteiger partial charge in [-0.2, -0.15) is 0 Å². The summed E-state index contributed by atoms with van der Waals surface area (Å²) in [5.74, 6) is 0.829. The molecular formula is C20H30N2O3. The number of urea groups is 1. The SMILES string of the molecule is CCCCNC(=O)N1CCC[C@H](C(=O)c2cc(C)c(OC)c(C)c2)C1. The molecule has 1 atom stereocenters. The van der Waals surface area contributed by atoms with Gasteiger partial charge in [0.05, 0.1) is 7.11 Å². The molecule has 1 aliphatic rings. The Bertz CT molecular complexity index is 604. The predicted molar refractivity (Wildman–Crippen MR) is 99.4 cm³/mol. The molecule has 0 aliphatic carbocycles. The van der Waals surface area contributed by atoms with Crippen molar-refractivity contribution in [1.82, 2.24) is 10.2 Å². The van der Waals surface area contributed by atoms with Crippen molar-refractivity contribution >= 4 is 11.8 Å². The summed E-state index contributed by atoms with van der Waals surface area (Å²) in [5, 5.41) is 2.95. The number of hydrogen-bond donors (Lipinski definition) is 1. The van der Waals surface area contributed by atoms with E-state index in [1.54, 1.807) is 12.0 Å². The van der Waals surface area contributed by atoms with E-state index in [4.69, 9.17) is 4.74 Å². The first kappa shape index (κ1) is 19.3. The normalized spacial score (nSPS) is 17.3. The molecule has 1 aromatic carbocycles. The van der Waals surface area contributed by atoms with Gasteiger partial charge in [-0.1, -0.05) is 13.3 Å². The quantitative estimate of drug-likeness (QED) is 0.631. The highest BCUT2D eigenvalue weighted by Crippen LogP contribution is 2.27. The number of carbonyl (C=O) groups is 2. The summed E-state index contributed by atoms with van der Waals surface area (Å²) in [6.07, 6.45) is 3.73. The molecule has 0 radical (unpaired) electrons. The number of ketones is 1. The third-order valence-corrected chi connectivity index (χ3v) is 4.83. The molecule has 1 aromatic rings. The zero-order chi connectivity index (χ0) is 18.4. The number of Topliss-reactive ketones (excluding diaryl/α,β-unsaturated/α-hetero) is 1. The summed E-state index contributed by atoms with van der Waals surface area (Å²) >= 11 is 0. The molecule has 0 unspecified atom stereocenters. The maximum absolute atomic E-state index is 12.9. The second-order valence-electron chi connectivity index (χ2n) is 6.88. The number of methoxy groups -OCH3 is 1. The molecule has 1 heterocycles. The third kappa shape index (κ3) is 4.74. The van der Waals surface area contributed by atoms with Crippen LogP contribution >= 0.6 is 0 Å². The lowest BCUT2D eigenvalue weighted by Crippen LogP contribution is -2.47. The molecule has 1 saturated heterocycles. The van der Waals surface area contributed by atoms with Crippen LogP contribution in [0.25, 0.3) is 0 Å². The van der Waals surface area contributed by atoms with Crippen molar-refractivity contribution in [2.24, 2.45) is 5.92 Å². The summed E-state index contributed by atoms with van der Waals surface area (Å²) in [7, 11) is 1.65. The van der Waals surface area contributed by atoms with Crippen molar-refractivity contribution in [1.29, 1.82) is 0 Å². The Balaban J connectivity index is 2.05. The molecule has 5 nitrogen and oxygen atoms in total. The van der Waals surface area contributed by atoms with Gasteiger partial charge in [0.25, 0.3) is 0 Å². The fraction of sp³-hybridized carbons (Fsp3) is 0.600. The predicted octanol–water partition coefficient (Wildman–Crippen LogP) is 3.72. The Morgan fingerprint density at radius 3 is 2.56 bits per heavy atom.